The molecule has 1 aromatic rings. The molecule has 0 aliphatic carbocycles. The number of hydrogen-bond donors (Lipinski definition) is 1. The summed E-state index contributed by atoms with van der Waals surface area (Å²) in [6.07, 6.45) is 3.87. The minimum absolute atomic E-state index is 0.102. The maximum atomic E-state index is 6.02. The largest absolute Gasteiger partial charge is 0.372 e. The van der Waals surface area contributed by atoms with E-state index in [1.54, 1.807) is 0 Å². The van der Waals surface area contributed by atoms with E-state index in [9.17, 15) is 0 Å². The van der Waals surface area contributed by atoms with Gasteiger partial charge in [-0.1, -0.05) is 13.0 Å². The molecule has 4 nitrogen and oxygen atoms in total. The Balaban J connectivity index is 2.13. The van der Waals surface area contributed by atoms with Crippen molar-refractivity contribution in [2.24, 2.45) is 5.73 Å². The molecule has 2 rings (SSSR count). The van der Waals surface area contributed by atoms with E-state index in [1.807, 2.05) is 6.20 Å². The van der Waals surface area contributed by atoms with E-state index in [-0.39, 0.29) is 11.6 Å². The van der Waals surface area contributed by atoms with Crippen LogP contribution in [0.3, 0.4) is 0 Å². The number of hydrogen-bond acceptors (Lipinski definition) is 4. The zero-order valence-electron chi connectivity index (χ0n) is 13.1. The Labute approximate surface area is 122 Å². The summed E-state index contributed by atoms with van der Waals surface area (Å²) in [5, 5.41) is 0. The Kier molecular flexibility index (Phi) is 4.66. The molecule has 1 unspecified atom stereocenters. The van der Waals surface area contributed by atoms with Crippen molar-refractivity contribution in [3.05, 3.63) is 23.4 Å². The first-order valence-electron chi connectivity index (χ1n) is 7.51. The van der Waals surface area contributed by atoms with Crippen LogP contribution < -0.4 is 10.6 Å². The highest BCUT2D eigenvalue weighted by molar-refractivity contribution is 5.48. The van der Waals surface area contributed by atoms with Crippen molar-refractivity contribution in [3.8, 4) is 0 Å². The Morgan fingerprint density at radius 2 is 2.25 bits per heavy atom. The summed E-state index contributed by atoms with van der Waals surface area (Å²) < 4.78 is 5.76. The van der Waals surface area contributed by atoms with E-state index in [4.69, 9.17) is 10.5 Å². The maximum absolute atomic E-state index is 6.02. The van der Waals surface area contributed by atoms with Gasteiger partial charge in [-0.15, -0.1) is 0 Å². The summed E-state index contributed by atoms with van der Waals surface area (Å²) in [4.78, 5) is 6.99. The van der Waals surface area contributed by atoms with Gasteiger partial charge in [-0.05, 0) is 44.7 Å². The van der Waals surface area contributed by atoms with Gasteiger partial charge in [-0.3, -0.25) is 0 Å². The number of nitrogens with two attached hydrogens (primary N) is 1. The van der Waals surface area contributed by atoms with Gasteiger partial charge in [0.25, 0.3) is 0 Å². The second kappa shape index (κ2) is 6.10. The van der Waals surface area contributed by atoms with Gasteiger partial charge in [0.15, 0.2) is 0 Å². The number of nitrogens with zero attached hydrogens (tertiary/aromatic N) is 2. The second-order valence-corrected chi connectivity index (χ2v) is 6.39. The van der Waals surface area contributed by atoms with Crippen molar-refractivity contribution in [1.29, 1.82) is 0 Å². The van der Waals surface area contributed by atoms with Gasteiger partial charge in [0.05, 0.1) is 12.2 Å². The summed E-state index contributed by atoms with van der Waals surface area (Å²) in [5.41, 5.74) is 8.37. The van der Waals surface area contributed by atoms with Crippen LogP contribution in [-0.4, -0.2) is 36.3 Å². The van der Waals surface area contributed by atoms with E-state index in [0.29, 0.717) is 0 Å². The third kappa shape index (κ3) is 3.70. The van der Waals surface area contributed by atoms with Gasteiger partial charge in [-0.25, -0.2) is 4.98 Å². The molecule has 2 heterocycles. The van der Waals surface area contributed by atoms with E-state index >= 15 is 0 Å². The van der Waals surface area contributed by atoms with E-state index in [2.05, 4.69) is 43.6 Å². The molecule has 0 spiro atoms. The molecule has 1 aromatic heterocycles. The van der Waals surface area contributed by atoms with Gasteiger partial charge < -0.3 is 15.4 Å². The van der Waals surface area contributed by atoms with Crippen molar-refractivity contribution in [1.82, 2.24) is 4.98 Å². The number of rotatable bonds is 4. The third-order valence-corrected chi connectivity index (χ3v) is 3.85. The van der Waals surface area contributed by atoms with Crippen LogP contribution in [0.15, 0.2) is 12.3 Å². The first kappa shape index (κ1) is 15.3. The average molecular weight is 277 g/mol. The molecule has 1 fully saturated rings. The highest BCUT2D eigenvalue weighted by atomic mass is 16.5. The van der Waals surface area contributed by atoms with E-state index < -0.39 is 0 Å². The molecule has 0 bridgehead atoms. The molecule has 0 radical (unpaired) electrons. The lowest BCUT2D eigenvalue weighted by molar-refractivity contribution is -0.0279. The van der Waals surface area contributed by atoms with Crippen molar-refractivity contribution < 1.29 is 4.74 Å². The average Bonchev–Trinajstić information content (AvgIpc) is 2.37. The van der Waals surface area contributed by atoms with Gasteiger partial charge in [0.1, 0.15) is 5.82 Å². The molecule has 1 aliphatic heterocycles. The third-order valence-electron chi connectivity index (χ3n) is 3.85. The number of morpholine rings is 1. The van der Waals surface area contributed by atoms with E-state index in [0.717, 1.165) is 38.4 Å². The molecule has 1 atom stereocenters. The van der Waals surface area contributed by atoms with Crippen LogP contribution >= 0.6 is 0 Å². The first-order chi connectivity index (χ1) is 9.41. The van der Waals surface area contributed by atoms with Crippen LogP contribution in [0, 0.1) is 6.92 Å². The lowest BCUT2D eigenvalue weighted by Crippen LogP contribution is -2.48. The van der Waals surface area contributed by atoms with Crippen LogP contribution in [0.1, 0.15) is 38.3 Å². The van der Waals surface area contributed by atoms with Gasteiger partial charge in [0.2, 0.25) is 0 Å². The zero-order chi connectivity index (χ0) is 14.8. The number of aryl methyl sites for hydroxylation is 1. The van der Waals surface area contributed by atoms with Crippen molar-refractivity contribution in [2.45, 2.75) is 52.2 Å². The number of anilines is 1. The molecule has 20 heavy (non-hydrogen) atoms. The molecule has 0 saturated carbocycles. The standard InChI is InChI=1S/C16H27N3O/c1-5-14(17)9-13-8-12(2)15(18-10-13)19-6-7-20-16(3,4)11-19/h8,10,14H,5-7,9,11,17H2,1-4H3. The molecular formula is C16H27N3O. The monoisotopic (exact) mass is 277 g/mol. The van der Waals surface area contributed by atoms with Crippen LogP contribution in [0.4, 0.5) is 5.82 Å². The van der Waals surface area contributed by atoms with Crippen LogP contribution in [-0.2, 0) is 11.2 Å². The van der Waals surface area contributed by atoms with Crippen molar-refractivity contribution in [3.63, 3.8) is 0 Å². The highest BCUT2D eigenvalue weighted by Gasteiger charge is 2.28. The first-order valence-corrected chi connectivity index (χ1v) is 7.51. The summed E-state index contributed by atoms with van der Waals surface area (Å²) in [5.74, 6) is 1.08. The summed E-state index contributed by atoms with van der Waals surface area (Å²) >= 11 is 0. The highest BCUT2D eigenvalue weighted by Crippen LogP contribution is 2.24. The fraction of sp³-hybridized carbons (Fsp3) is 0.688. The molecule has 2 N–H and O–H groups in total. The topological polar surface area (TPSA) is 51.4 Å². The Bertz CT molecular complexity index is 459. The molecule has 1 saturated heterocycles. The second-order valence-electron chi connectivity index (χ2n) is 6.39. The quantitative estimate of drug-likeness (QED) is 0.917. The maximum Gasteiger partial charge on any atom is 0.131 e. The lowest BCUT2D eigenvalue weighted by Gasteiger charge is -2.39. The van der Waals surface area contributed by atoms with Gasteiger partial charge in [-0.2, -0.15) is 0 Å². The minimum Gasteiger partial charge on any atom is -0.372 e. The van der Waals surface area contributed by atoms with Crippen LogP contribution in [0.2, 0.25) is 0 Å². The smallest absolute Gasteiger partial charge is 0.131 e. The number of aromatic nitrogens is 1. The normalized spacial score (nSPS) is 19.9. The van der Waals surface area contributed by atoms with E-state index in [1.165, 1.54) is 11.1 Å². The minimum atomic E-state index is -0.102. The van der Waals surface area contributed by atoms with Crippen molar-refractivity contribution >= 4 is 5.82 Å². The molecule has 112 valence electrons. The molecule has 0 amide bonds. The summed E-state index contributed by atoms with van der Waals surface area (Å²) in [7, 11) is 0. The zero-order valence-corrected chi connectivity index (χ0v) is 13.1. The van der Waals surface area contributed by atoms with Crippen LogP contribution in [0.25, 0.3) is 0 Å². The molecule has 1 aliphatic rings. The summed E-state index contributed by atoms with van der Waals surface area (Å²) in [6, 6.07) is 2.45. The van der Waals surface area contributed by atoms with Crippen molar-refractivity contribution in [2.75, 3.05) is 24.6 Å². The Morgan fingerprint density at radius 1 is 1.50 bits per heavy atom. The number of ether oxygens (including phenoxy) is 1. The molecule has 4 heteroatoms. The molecular weight excluding hydrogens is 250 g/mol. The number of pyridine rings is 1. The predicted molar refractivity (Wildman–Crippen MR) is 83.2 cm³/mol. The fourth-order valence-electron chi connectivity index (χ4n) is 2.71. The van der Waals surface area contributed by atoms with Gasteiger partial charge in [0, 0.05) is 25.3 Å². The van der Waals surface area contributed by atoms with Gasteiger partial charge >= 0.3 is 0 Å². The SMILES string of the molecule is CCC(N)Cc1cnc(N2CCOC(C)(C)C2)c(C)c1. The lowest BCUT2D eigenvalue weighted by atomic mass is 10.0. The predicted octanol–water partition coefficient (Wildman–Crippen LogP) is 2.29. The Hall–Kier alpha value is -1.13. The molecule has 0 aromatic carbocycles. The fourth-order valence-corrected chi connectivity index (χ4v) is 2.71. The Morgan fingerprint density at radius 3 is 2.85 bits per heavy atom. The summed E-state index contributed by atoms with van der Waals surface area (Å²) in [6.45, 7) is 11.1. The van der Waals surface area contributed by atoms with Crippen LogP contribution in [0.5, 0.6) is 0 Å².